The van der Waals surface area contributed by atoms with Crippen LogP contribution < -0.4 is 5.32 Å². The summed E-state index contributed by atoms with van der Waals surface area (Å²) >= 11 is 0. The van der Waals surface area contributed by atoms with Crippen molar-refractivity contribution in [3.8, 4) is 0 Å². The van der Waals surface area contributed by atoms with Gasteiger partial charge in [0.15, 0.2) is 0 Å². The fraction of sp³-hybridized carbons (Fsp3) is 0.375. The zero-order valence-corrected chi connectivity index (χ0v) is 12.4. The van der Waals surface area contributed by atoms with E-state index < -0.39 is 0 Å². The second-order valence-corrected chi connectivity index (χ2v) is 5.08. The van der Waals surface area contributed by atoms with Crippen LogP contribution in [-0.2, 0) is 6.42 Å². The second-order valence-electron chi connectivity index (χ2n) is 5.08. The summed E-state index contributed by atoms with van der Waals surface area (Å²) in [6, 6.07) is 7.07. The van der Waals surface area contributed by atoms with Crippen LogP contribution in [0.25, 0.3) is 0 Å². The number of hydrogen-bond acceptors (Lipinski definition) is 3. The Kier molecular flexibility index (Phi) is 4.32. The van der Waals surface area contributed by atoms with Gasteiger partial charge in [-0.2, -0.15) is 5.10 Å². The van der Waals surface area contributed by atoms with Crippen molar-refractivity contribution in [1.82, 2.24) is 10.2 Å². The number of nitrogens with one attached hydrogen (secondary N) is 1. The lowest BCUT2D eigenvalue weighted by Gasteiger charge is -2.19. The zero-order valence-electron chi connectivity index (χ0n) is 12.4. The van der Waals surface area contributed by atoms with Gasteiger partial charge < -0.3 is 5.32 Å². The first-order chi connectivity index (χ1) is 9.51. The molecular formula is C16H20FN3. The number of rotatable bonds is 4. The van der Waals surface area contributed by atoms with Crippen LogP contribution in [0.3, 0.4) is 0 Å². The average Bonchev–Trinajstić information content (AvgIpc) is 2.38. The summed E-state index contributed by atoms with van der Waals surface area (Å²) in [5.74, 6) is 0.542. The number of halogens is 1. The van der Waals surface area contributed by atoms with Crippen LogP contribution in [0.2, 0.25) is 0 Å². The van der Waals surface area contributed by atoms with E-state index in [9.17, 15) is 4.39 Å². The first-order valence-electron chi connectivity index (χ1n) is 6.87. The van der Waals surface area contributed by atoms with Gasteiger partial charge in [-0.25, -0.2) is 4.39 Å². The Morgan fingerprint density at radius 2 is 1.80 bits per heavy atom. The Balaban J connectivity index is 2.21. The van der Waals surface area contributed by atoms with Gasteiger partial charge in [0.25, 0.3) is 0 Å². The van der Waals surface area contributed by atoms with Crippen molar-refractivity contribution < 1.29 is 4.39 Å². The number of hydrogen-bond donors (Lipinski definition) is 1. The Hall–Kier alpha value is -1.97. The Bertz CT molecular complexity index is 570. The smallest absolute Gasteiger partial charge is 0.149 e. The second kappa shape index (κ2) is 5.99. The third-order valence-electron chi connectivity index (χ3n) is 3.44. The van der Waals surface area contributed by atoms with Crippen molar-refractivity contribution in [2.75, 3.05) is 5.32 Å². The standard InChI is InChI=1S/C16H20FN3/c1-5-14-6-7-15(20-19-14)18-12(4)16-10(2)8-13(17)9-11(16)3/h6-9,12H,5H2,1-4H3,(H,18,20)/t12-/m0/s1. The molecule has 1 N–H and O–H groups in total. The molecule has 2 rings (SSSR count). The fourth-order valence-electron chi connectivity index (χ4n) is 2.52. The first-order valence-corrected chi connectivity index (χ1v) is 6.87. The van der Waals surface area contributed by atoms with Crippen molar-refractivity contribution in [2.24, 2.45) is 0 Å². The van der Waals surface area contributed by atoms with Crippen LogP contribution in [0.1, 0.15) is 42.3 Å². The van der Waals surface area contributed by atoms with Gasteiger partial charge in [0.05, 0.1) is 11.7 Å². The van der Waals surface area contributed by atoms with Crippen LogP contribution in [0, 0.1) is 19.7 Å². The minimum atomic E-state index is -0.192. The highest BCUT2D eigenvalue weighted by molar-refractivity contribution is 5.43. The Labute approximate surface area is 119 Å². The van der Waals surface area contributed by atoms with Gasteiger partial charge in [-0.05, 0) is 68.1 Å². The number of anilines is 1. The van der Waals surface area contributed by atoms with Gasteiger partial charge in [-0.15, -0.1) is 5.10 Å². The molecule has 0 saturated heterocycles. The normalized spacial score (nSPS) is 12.2. The van der Waals surface area contributed by atoms with Crippen molar-refractivity contribution >= 4 is 5.82 Å². The van der Waals surface area contributed by atoms with Gasteiger partial charge in [-0.1, -0.05) is 6.92 Å². The molecule has 1 aromatic carbocycles. The van der Waals surface area contributed by atoms with E-state index in [4.69, 9.17) is 0 Å². The molecule has 0 bridgehead atoms. The Morgan fingerprint density at radius 3 is 2.30 bits per heavy atom. The highest BCUT2D eigenvalue weighted by atomic mass is 19.1. The molecule has 0 aliphatic carbocycles. The van der Waals surface area contributed by atoms with E-state index in [0.29, 0.717) is 0 Å². The largest absolute Gasteiger partial charge is 0.362 e. The fourth-order valence-corrected chi connectivity index (χ4v) is 2.52. The molecule has 106 valence electrons. The number of benzene rings is 1. The average molecular weight is 273 g/mol. The maximum Gasteiger partial charge on any atom is 0.149 e. The monoisotopic (exact) mass is 273 g/mol. The molecular weight excluding hydrogens is 253 g/mol. The van der Waals surface area contributed by atoms with Crippen molar-refractivity contribution in [3.63, 3.8) is 0 Å². The Morgan fingerprint density at radius 1 is 1.15 bits per heavy atom. The lowest BCUT2D eigenvalue weighted by molar-refractivity contribution is 0.623. The lowest BCUT2D eigenvalue weighted by atomic mass is 9.97. The van der Waals surface area contributed by atoms with Crippen molar-refractivity contribution in [1.29, 1.82) is 0 Å². The van der Waals surface area contributed by atoms with Crippen LogP contribution in [-0.4, -0.2) is 10.2 Å². The zero-order chi connectivity index (χ0) is 14.7. The van der Waals surface area contributed by atoms with Crippen LogP contribution >= 0.6 is 0 Å². The first kappa shape index (κ1) is 14.4. The summed E-state index contributed by atoms with van der Waals surface area (Å²) in [6.07, 6.45) is 0.874. The number of aromatic nitrogens is 2. The molecule has 1 aromatic heterocycles. The number of nitrogens with zero attached hydrogens (tertiary/aromatic N) is 2. The summed E-state index contributed by atoms with van der Waals surface area (Å²) in [4.78, 5) is 0. The van der Waals surface area contributed by atoms with E-state index in [-0.39, 0.29) is 11.9 Å². The summed E-state index contributed by atoms with van der Waals surface area (Å²) in [5.41, 5.74) is 3.96. The van der Waals surface area contributed by atoms with Crippen LogP contribution in [0.5, 0.6) is 0 Å². The third kappa shape index (κ3) is 3.13. The quantitative estimate of drug-likeness (QED) is 0.916. The topological polar surface area (TPSA) is 37.8 Å². The predicted molar refractivity (Wildman–Crippen MR) is 79.3 cm³/mol. The van der Waals surface area contributed by atoms with Gasteiger partial charge in [0, 0.05) is 0 Å². The highest BCUT2D eigenvalue weighted by Gasteiger charge is 2.13. The van der Waals surface area contributed by atoms with Gasteiger partial charge >= 0.3 is 0 Å². The van der Waals surface area contributed by atoms with Gasteiger partial charge in [-0.3, -0.25) is 0 Å². The van der Waals surface area contributed by atoms with E-state index in [0.717, 1.165) is 34.6 Å². The molecule has 0 unspecified atom stereocenters. The summed E-state index contributed by atoms with van der Waals surface area (Å²) < 4.78 is 13.3. The van der Waals surface area contributed by atoms with E-state index in [2.05, 4.69) is 15.5 Å². The van der Waals surface area contributed by atoms with Crippen molar-refractivity contribution in [2.45, 2.75) is 40.2 Å². The number of aryl methyl sites for hydroxylation is 3. The van der Waals surface area contributed by atoms with Crippen LogP contribution in [0.15, 0.2) is 24.3 Å². The highest BCUT2D eigenvalue weighted by Crippen LogP contribution is 2.25. The molecule has 0 amide bonds. The summed E-state index contributed by atoms with van der Waals surface area (Å²) in [5, 5.41) is 11.6. The van der Waals surface area contributed by atoms with E-state index in [1.165, 1.54) is 0 Å². The van der Waals surface area contributed by atoms with Crippen molar-refractivity contribution in [3.05, 3.63) is 52.5 Å². The molecule has 2 aromatic rings. The minimum absolute atomic E-state index is 0.0531. The molecule has 0 aliphatic heterocycles. The molecule has 0 radical (unpaired) electrons. The van der Waals surface area contributed by atoms with E-state index in [1.807, 2.05) is 39.8 Å². The van der Waals surface area contributed by atoms with Gasteiger partial charge in [0.1, 0.15) is 11.6 Å². The molecule has 0 spiro atoms. The molecule has 1 atom stereocenters. The molecule has 20 heavy (non-hydrogen) atoms. The molecule has 0 saturated carbocycles. The third-order valence-corrected chi connectivity index (χ3v) is 3.44. The predicted octanol–water partition coefficient (Wildman–Crippen LogP) is 3.97. The summed E-state index contributed by atoms with van der Waals surface area (Å²) in [6.45, 7) is 7.94. The molecule has 4 heteroatoms. The van der Waals surface area contributed by atoms with E-state index >= 15 is 0 Å². The molecule has 3 nitrogen and oxygen atoms in total. The minimum Gasteiger partial charge on any atom is -0.362 e. The van der Waals surface area contributed by atoms with Crippen LogP contribution in [0.4, 0.5) is 10.2 Å². The van der Waals surface area contributed by atoms with Gasteiger partial charge in [0.2, 0.25) is 0 Å². The lowest BCUT2D eigenvalue weighted by Crippen LogP contribution is -2.12. The maximum atomic E-state index is 13.3. The molecule has 1 heterocycles. The van der Waals surface area contributed by atoms with E-state index in [1.54, 1.807) is 12.1 Å². The molecule has 0 fully saturated rings. The molecule has 0 aliphatic rings. The summed E-state index contributed by atoms with van der Waals surface area (Å²) in [7, 11) is 0. The maximum absolute atomic E-state index is 13.3. The SMILES string of the molecule is CCc1ccc(N[C@@H](C)c2c(C)cc(F)cc2C)nn1.